The van der Waals surface area contributed by atoms with Crippen molar-refractivity contribution in [2.45, 2.75) is 11.7 Å². The van der Waals surface area contributed by atoms with Gasteiger partial charge in [-0.05, 0) is 20.4 Å². The number of hydrogen-bond donors (Lipinski definition) is 1. The molecule has 0 fully saturated rings. The minimum Gasteiger partial charge on any atom is -0.323 e. The Morgan fingerprint density at radius 1 is 1.25 bits per heavy atom. The van der Waals surface area contributed by atoms with Crippen LogP contribution in [0, 0.1) is 0 Å². The van der Waals surface area contributed by atoms with Gasteiger partial charge < -0.3 is 9.88 Å². The lowest BCUT2D eigenvalue weighted by atomic mass is 10.1. The van der Waals surface area contributed by atoms with E-state index < -0.39 is 7.14 Å². The molecule has 1 aliphatic carbocycles. The van der Waals surface area contributed by atoms with Crippen LogP contribution in [0.5, 0.6) is 0 Å². The summed E-state index contributed by atoms with van der Waals surface area (Å²) in [5.74, 6) is 0. The van der Waals surface area contributed by atoms with Crippen molar-refractivity contribution in [3.63, 3.8) is 0 Å². The lowest BCUT2D eigenvalue weighted by Gasteiger charge is -2.26. The zero-order chi connectivity index (χ0) is 9.19. The minimum absolute atomic E-state index is 0.160. The second-order valence-corrected chi connectivity index (χ2v) is 6.97. The van der Waals surface area contributed by atoms with Crippen LogP contribution in [-0.2, 0) is 4.57 Å². The quantitative estimate of drug-likeness (QED) is 0.663. The molecule has 2 nitrogen and oxygen atoms in total. The molecule has 12 heavy (non-hydrogen) atoms. The zero-order valence-electron chi connectivity index (χ0n) is 7.82. The number of hydrogen-bond acceptors (Lipinski definition) is 2. The summed E-state index contributed by atoms with van der Waals surface area (Å²) in [5.41, 5.74) is 0.160. The zero-order valence-corrected chi connectivity index (χ0v) is 8.71. The molecule has 0 aliphatic heterocycles. The van der Waals surface area contributed by atoms with Crippen molar-refractivity contribution in [2.24, 2.45) is 0 Å². The molecule has 0 bridgehead atoms. The van der Waals surface area contributed by atoms with Gasteiger partial charge in [-0.2, -0.15) is 0 Å². The van der Waals surface area contributed by atoms with Crippen LogP contribution in [0.3, 0.4) is 0 Å². The van der Waals surface area contributed by atoms with E-state index in [1.165, 1.54) is 0 Å². The summed E-state index contributed by atoms with van der Waals surface area (Å²) in [6.45, 7) is 3.68. The third-order valence-corrected chi connectivity index (χ3v) is 4.09. The van der Waals surface area contributed by atoms with E-state index in [-0.39, 0.29) is 11.7 Å². The number of nitrogens with one attached hydrogen (secondary N) is 1. The molecule has 0 aromatic heterocycles. The molecule has 0 aromatic rings. The van der Waals surface area contributed by atoms with E-state index in [9.17, 15) is 4.57 Å². The predicted octanol–water partition coefficient (Wildman–Crippen LogP) is 1.69. The summed E-state index contributed by atoms with van der Waals surface area (Å²) in [5, 5.41) is 3.15. The van der Waals surface area contributed by atoms with Crippen LogP contribution >= 0.6 is 7.14 Å². The topological polar surface area (TPSA) is 29.1 Å². The van der Waals surface area contributed by atoms with Gasteiger partial charge in [0.05, 0.1) is 7.14 Å². The molecule has 0 spiro atoms. The van der Waals surface area contributed by atoms with Gasteiger partial charge in [-0.3, -0.25) is 0 Å². The van der Waals surface area contributed by atoms with Gasteiger partial charge in [-0.1, -0.05) is 24.3 Å². The van der Waals surface area contributed by atoms with E-state index in [0.717, 1.165) is 0 Å². The van der Waals surface area contributed by atoms with Gasteiger partial charge in [-0.15, -0.1) is 0 Å². The Balaban J connectivity index is 2.83. The number of allylic oxidation sites excluding steroid dienone is 2. The van der Waals surface area contributed by atoms with Crippen molar-refractivity contribution in [3.05, 3.63) is 24.3 Å². The van der Waals surface area contributed by atoms with Crippen LogP contribution in [0.4, 0.5) is 0 Å². The molecule has 2 unspecified atom stereocenters. The minimum atomic E-state index is -2.01. The van der Waals surface area contributed by atoms with Crippen LogP contribution < -0.4 is 5.32 Å². The van der Waals surface area contributed by atoms with Crippen LogP contribution in [-0.4, -0.2) is 32.1 Å². The van der Waals surface area contributed by atoms with Gasteiger partial charge in [0.25, 0.3) is 0 Å². The van der Waals surface area contributed by atoms with Crippen LogP contribution in [0.15, 0.2) is 24.3 Å². The third kappa shape index (κ3) is 2.09. The fourth-order valence-electron chi connectivity index (χ4n) is 1.46. The summed E-state index contributed by atoms with van der Waals surface area (Å²) in [7, 11) is -0.115. The lowest BCUT2D eigenvalue weighted by Crippen LogP contribution is -2.35. The maximum absolute atomic E-state index is 11.8. The lowest BCUT2D eigenvalue weighted by molar-refractivity contribution is 0.564. The van der Waals surface area contributed by atoms with Gasteiger partial charge in [0.1, 0.15) is 0 Å². The summed E-state index contributed by atoms with van der Waals surface area (Å²) in [4.78, 5) is 0. The highest BCUT2D eigenvalue weighted by atomic mass is 31.2. The normalized spacial score (nSPS) is 29.2. The van der Waals surface area contributed by atoms with E-state index in [1.807, 2.05) is 38.6 Å². The molecule has 0 saturated carbocycles. The molecular formula is C9H16NOP. The van der Waals surface area contributed by atoms with Crippen molar-refractivity contribution in [2.75, 3.05) is 20.4 Å². The van der Waals surface area contributed by atoms with E-state index >= 15 is 0 Å². The molecule has 3 heteroatoms. The first kappa shape index (κ1) is 9.76. The highest BCUT2D eigenvalue weighted by Gasteiger charge is 2.27. The summed E-state index contributed by atoms with van der Waals surface area (Å²) in [6, 6.07) is 0.232. The number of likely N-dealkylation sites (N-methyl/N-ethyl adjacent to an activating group) is 1. The maximum atomic E-state index is 11.8. The molecule has 1 rings (SSSR count). The molecule has 1 aliphatic rings. The Bertz CT molecular complexity index is 251. The van der Waals surface area contributed by atoms with Crippen molar-refractivity contribution in [1.29, 1.82) is 0 Å². The first-order valence-electron chi connectivity index (χ1n) is 4.12. The predicted molar refractivity (Wildman–Crippen MR) is 54.4 cm³/mol. The molecule has 0 saturated heterocycles. The van der Waals surface area contributed by atoms with Crippen molar-refractivity contribution in [3.8, 4) is 0 Å². The highest BCUT2D eigenvalue weighted by Crippen LogP contribution is 2.45. The average Bonchev–Trinajstić information content (AvgIpc) is 2.03. The van der Waals surface area contributed by atoms with Crippen LogP contribution in [0.1, 0.15) is 0 Å². The first-order chi connectivity index (χ1) is 5.55. The van der Waals surface area contributed by atoms with Gasteiger partial charge in [-0.25, -0.2) is 0 Å². The molecular weight excluding hydrogens is 169 g/mol. The SMILES string of the molecule is CNC1C=CC=CC1P(C)(C)=O. The number of rotatable bonds is 2. The summed E-state index contributed by atoms with van der Waals surface area (Å²) < 4.78 is 11.8. The fourth-order valence-corrected chi connectivity index (χ4v) is 2.99. The van der Waals surface area contributed by atoms with E-state index in [0.29, 0.717) is 0 Å². The van der Waals surface area contributed by atoms with E-state index in [1.54, 1.807) is 0 Å². The fraction of sp³-hybridized carbons (Fsp3) is 0.556. The van der Waals surface area contributed by atoms with Crippen LogP contribution in [0.2, 0.25) is 0 Å². The van der Waals surface area contributed by atoms with E-state index in [2.05, 4.69) is 11.4 Å². The van der Waals surface area contributed by atoms with Crippen molar-refractivity contribution in [1.82, 2.24) is 5.32 Å². The first-order valence-corrected chi connectivity index (χ1v) is 6.79. The van der Waals surface area contributed by atoms with Gasteiger partial charge in [0, 0.05) is 11.7 Å². The Morgan fingerprint density at radius 2 is 1.83 bits per heavy atom. The average molecular weight is 185 g/mol. The molecule has 0 aromatic carbocycles. The van der Waals surface area contributed by atoms with Gasteiger partial charge in [0.15, 0.2) is 0 Å². The Kier molecular flexibility index (Phi) is 2.92. The molecule has 2 atom stereocenters. The monoisotopic (exact) mass is 185 g/mol. The van der Waals surface area contributed by atoms with Gasteiger partial charge >= 0.3 is 0 Å². The third-order valence-electron chi connectivity index (χ3n) is 2.16. The Hall–Kier alpha value is -0.330. The molecule has 0 radical (unpaired) electrons. The molecule has 0 amide bonds. The second kappa shape index (κ2) is 3.59. The second-order valence-electron chi connectivity index (χ2n) is 3.51. The van der Waals surface area contributed by atoms with Crippen molar-refractivity contribution >= 4 is 7.14 Å². The maximum Gasteiger partial charge on any atom is 0.0902 e. The molecule has 68 valence electrons. The van der Waals surface area contributed by atoms with Crippen LogP contribution in [0.25, 0.3) is 0 Å². The Labute approximate surface area is 74.1 Å². The van der Waals surface area contributed by atoms with Gasteiger partial charge in [0.2, 0.25) is 0 Å². The summed E-state index contributed by atoms with van der Waals surface area (Å²) in [6.07, 6.45) is 8.05. The Morgan fingerprint density at radius 3 is 2.25 bits per heavy atom. The van der Waals surface area contributed by atoms with E-state index in [4.69, 9.17) is 0 Å². The standard InChI is InChI=1S/C9H16NOP/c1-10-8-6-4-5-7-9(8)12(2,3)11/h4-10H,1-3H3. The smallest absolute Gasteiger partial charge is 0.0902 e. The highest BCUT2D eigenvalue weighted by molar-refractivity contribution is 7.63. The molecule has 0 heterocycles. The summed E-state index contributed by atoms with van der Waals surface area (Å²) >= 11 is 0. The van der Waals surface area contributed by atoms with Crippen molar-refractivity contribution < 1.29 is 4.57 Å². The molecule has 1 N–H and O–H groups in total. The largest absolute Gasteiger partial charge is 0.323 e.